The van der Waals surface area contributed by atoms with Gasteiger partial charge in [0.05, 0.1) is 0 Å². The first-order valence-electron chi connectivity index (χ1n) is 7.08. The van der Waals surface area contributed by atoms with E-state index in [0.717, 1.165) is 12.8 Å². The molecule has 0 bridgehead atoms. The van der Waals surface area contributed by atoms with Crippen LogP contribution in [0, 0.1) is 0 Å². The third kappa shape index (κ3) is 3.87. The van der Waals surface area contributed by atoms with E-state index in [2.05, 4.69) is 5.16 Å². The number of rotatable bonds is 5. The molecular formula is C15H21N3O3. The Kier molecular flexibility index (Phi) is 5.03. The van der Waals surface area contributed by atoms with Gasteiger partial charge in [-0.1, -0.05) is 18.0 Å². The van der Waals surface area contributed by atoms with Gasteiger partial charge in [-0.2, -0.15) is 0 Å². The van der Waals surface area contributed by atoms with Gasteiger partial charge >= 0.3 is 0 Å². The Balaban J connectivity index is 1.86. The summed E-state index contributed by atoms with van der Waals surface area (Å²) in [4.78, 5) is 13.8. The van der Waals surface area contributed by atoms with E-state index in [1.807, 2.05) is 7.05 Å². The van der Waals surface area contributed by atoms with Gasteiger partial charge in [-0.05, 0) is 37.1 Å². The normalized spacial score (nSPS) is 16.0. The monoisotopic (exact) mass is 291 g/mol. The SMILES string of the molecule is CN(C(=O)COc1ccc(/C(N)=N/O)cc1)C1CCCC1. The lowest BCUT2D eigenvalue weighted by Gasteiger charge is -2.24. The second kappa shape index (κ2) is 6.97. The fraction of sp³-hybridized carbons (Fsp3) is 0.467. The van der Waals surface area contributed by atoms with Gasteiger partial charge in [-0.15, -0.1) is 0 Å². The van der Waals surface area contributed by atoms with Crippen molar-refractivity contribution in [1.29, 1.82) is 0 Å². The topological polar surface area (TPSA) is 88.2 Å². The standard InChI is InChI=1S/C15H21N3O3/c1-18(12-4-2-3-5-12)14(19)10-21-13-8-6-11(7-9-13)15(16)17-20/h6-9,12,20H,2-5,10H2,1H3,(H2,16,17). The van der Waals surface area contributed by atoms with Crippen molar-refractivity contribution < 1.29 is 14.7 Å². The Labute approximate surface area is 124 Å². The number of benzene rings is 1. The first-order chi connectivity index (χ1) is 10.1. The van der Waals surface area contributed by atoms with Crippen molar-refractivity contribution in [3.63, 3.8) is 0 Å². The van der Waals surface area contributed by atoms with Crippen LogP contribution in [0.3, 0.4) is 0 Å². The molecular weight excluding hydrogens is 270 g/mol. The number of ether oxygens (including phenoxy) is 1. The highest BCUT2D eigenvalue weighted by Crippen LogP contribution is 2.22. The highest BCUT2D eigenvalue weighted by molar-refractivity contribution is 5.97. The first kappa shape index (κ1) is 15.2. The minimum atomic E-state index is -0.0117. The van der Waals surface area contributed by atoms with Gasteiger partial charge in [0.1, 0.15) is 5.75 Å². The van der Waals surface area contributed by atoms with Crippen LogP contribution >= 0.6 is 0 Å². The Morgan fingerprint density at radius 1 is 1.38 bits per heavy atom. The molecule has 1 aromatic carbocycles. The van der Waals surface area contributed by atoms with Crippen molar-refractivity contribution >= 4 is 11.7 Å². The van der Waals surface area contributed by atoms with Crippen LogP contribution in [0.4, 0.5) is 0 Å². The van der Waals surface area contributed by atoms with Crippen LogP contribution in [0.2, 0.25) is 0 Å². The summed E-state index contributed by atoms with van der Waals surface area (Å²) in [5, 5.41) is 11.5. The van der Waals surface area contributed by atoms with Crippen LogP contribution < -0.4 is 10.5 Å². The molecule has 0 unspecified atom stereocenters. The lowest BCUT2D eigenvalue weighted by molar-refractivity contribution is -0.134. The van der Waals surface area contributed by atoms with Gasteiger partial charge in [0.25, 0.3) is 5.91 Å². The maximum atomic E-state index is 12.1. The molecule has 0 atom stereocenters. The zero-order valence-corrected chi connectivity index (χ0v) is 12.2. The van der Waals surface area contributed by atoms with E-state index in [-0.39, 0.29) is 18.3 Å². The predicted molar refractivity (Wildman–Crippen MR) is 79.5 cm³/mol. The molecule has 114 valence electrons. The Bertz CT molecular complexity index is 507. The molecule has 0 radical (unpaired) electrons. The van der Waals surface area contributed by atoms with Crippen molar-refractivity contribution in [2.45, 2.75) is 31.7 Å². The fourth-order valence-electron chi connectivity index (χ4n) is 2.52. The largest absolute Gasteiger partial charge is 0.484 e. The van der Waals surface area contributed by atoms with Gasteiger partial charge in [0, 0.05) is 18.7 Å². The smallest absolute Gasteiger partial charge is 0.260 e. The maximum absolute atomic E-state index is 12.1. The molecule has 1 aliphatic carbocycles. The second-order valence-electron chi connectivity index (χ2n) is 5.24. The van der Waals surface area contributed by atoms with Gasteiger partial charge in [-0.3, -0.25) is 4.79 Å². The van der Waals surface area contributed by atoms with Gasteiger partial charge in [0.15, 0.2) is 12.4 Å². The van der Waals surface area contributed by atoms with Crippen molar-refractivity contribution in [3.05, 3.63) is 29.8 Å². The molecule has 0 spiro atoms. The molecule has 2 rings (SSSR count). The molecule has 0 saturated heterocycles. The minimum absolute atomic E-state index is 0.0117. The number of amides is 1. The van der Waals surface area contributed by atoms with Crippen molar-refractivity contribution in [2.24, 2.45) is 10.9 Å². The molecule has 1 saturated carbocycles. The zero-order chi connectivity index (χ0) is 15.2. The van der Waals surface area contributed by atoms with Crippen LogP contribution in [0.1, 0.15) is 31.2 Å². The van der Waals surface area contributed by atoms with E-state index in [1.165, 1.54) is 12.8 Å². The van der Waals surface area contributed by atoms with Crippen LogP contribution in [0.25, 0.3) is 0 Å². The number of amidine groups is 1. The summed E-state index contributed by atoms with van der Waals surface area (Å²) in [6.07, 6.45) is 4.55. The molecule has 21 heavy (non-hydrogen) atoms. The third-order valence-electron chi connectivity index (χ3n) is 3.89. The molecule has 1 aliphatic rings. The number of nitrogens with two attached hydrogens (primary N) is 1. The van der Waals surface area contributed by atoms with E-state index >= 15 is 0 Å². The van der Waals surface area contributed by atoms with Crippen molar-refractivity contribution in [2.75, 3.05) is 13.7 Å². The van der Waals surface area contributed by atoms with Gasteiger partial charge in [-0.25, -0.2) is 0 Å². The summed E-state index contributed by atoms with van der Waals surface area (Å²) in [5.41, 5.74) is 6.07. The van der Waals surface area contributed by atoms with Crippen LogP contribution in [0.15, 0.2) is 29.4 Å². The third-order valence-corrected chi connectivity index (χ3v) is 3.89. The van der Waals surface area contributed by atoms with Gasteiger partial charge < -0.3 is 20.6 Å². The van der Waals surface area contributed by atoms with Crippen LogP contribution in [0.5, 0.6) is 5.75 Å². The van der Waals surface area contributed by atoms with Gasteiger partial charge in [0.2, 0.25) is 0 Å². The predicted octanol–water partition coefficient (Wildman–Crippen LogP) is 1.56. The van der Waals surface area contributed by atoms with Crippen LogP contribution in [-0.2, 0) is 4.79 Å². The lowest BCUT2D eigenvalue weighted by atomic mass is 10.2. The lowest BCUT2D eigenvalue weighted by Crippen LogP contribution is -2.38. The highest BCUT2D eigenvalue weighted by atomic mass is 16.5. The average molecular weight is 291 g/mol. The molecule has 1 amide bonds. The number of carbonyl (C=O) groups excluding carboxylic acids is 1. The fourth-order valence-corrected chi connectivity index (χ4v) is 2.52. The first-order valence-corrected chi connectivity index (χ1v) is 7.08. The molecule has 6 nitrogen and oxygen atoms in total. The summed E-state index contributed by atoms with van der Waals surface area (Å²) in [5.74, 6) is 0.610. The minimum Gasteiger partial charge on any atom is -0.484 e. The van der Waals surface area contributed by atoms with E-state index in [9.17, 15) is 4.79 Å². The number of oxime groups is 1. The molecule has 1 aromatic rings. The maximum Gasteiger partial charge on any atom is 0.260 e. The summed E-state index contributed by atoms with van der Waals surface area (Å²) in [6, 6.07) is 7.08. The molecule has 0 aliphatic heterocycles. The molecule has 0 heterocycles. The molecule has 6 heteroatoms. The van der Waals surface area contributed by atoms with E-state index in [4.69, 9.17) is 15.7 Å². The van der Waals surface area contributed by atoms with Crippen LogP contribution in [-0.4, -0.2) is 41.5 Å². The molecule has 0 aromatic heterocycles. The van der Waals surface area contributed by atoms with E-state index in [0.29, 0.717) is 17.4 Å². The number of hydrogen-bond acceptors (Lipinski definition) is 4. The molecule has 3 N–H and O–H groups in total. The summed E-state index contributed by atoms with van der Waals surface area (Å²) < 4.78 is 5.48. The number of carbonyl (C=O) groups is 1. The molecule has 1 fully saturated rings. The average Bonchev–Trinajstić information content (AvgIpc) is 3.06. The highest BCUT2D eigenvalue weighted by Gasteiger charge is 2.23. The second-order valence-corrected chi connectivity index (χ2v) is 5.24. The van der Waals surface area contributed by atoms with Crippen molar-refractivity contribution in [3.8, 4) is 5.75 Å². The summed E-state index contributed by atoms with van der Waals surface area (Å²) >= 11 is 0. The van der Waals surface area contributed by atoms with E-state index < -0.39 is 0 Å². The zero-order valence-electron chi connectivity index (χ0n) is 12.2. The number of nitrogens with zero attached hydrogens (tertiary/aromatic N) is 2. The summed E-state index contributed by atoms with van der Waals surface area (Å²) in [7, 11) is 1.84. The number of hydrogen-bond donors (Lipinski definition) is 2. The number of likely N-dealkylation sites (N-methyl/N-ethyl adjacent to an activating group) is 1. The van der Waals surface area contributed by atoms with Crippen molar-refractivity contribution in [1.82, 2.24) is 4.90 Å². The Hall–Kier alpha value is -2.24. The quantitative estimate of drug-likeness (QED) is 0.373. The summed E-state index contributed by atoms with van der Waals surface area (Å²) in [6.45, 7) is 0.0237. The Morgan fingerprint density at radius 3 is 2.57 bits per heavy atom. The van der Waals surface area contributed by atoms with E-state index in [1.54, 1.807) is 29.2 Å². The Morgan fingerprint density at radius 2 is 2.00 bits per heavy atom.